The third-order valence-electron chi connectivity index (χ3n) is 1.55. The molecule has 0 aliphatic heterocycles. The van der Waals surface area contributed by atoms with Crippen LogP contribution in [0.2, 0.25) is 0 Å². The minimum absolute atomic E-state index is 0.868. The van der Waals surface area contributed by atoms with Crippen molar-refractivity contribution < 1.29 is 4.42 Å². The number of hydrogen-bond acceptors (Lipinski definition) is 2. The van der Waals surface area contributed by atoms with Gasteiger partial charge in [-0.05, 0) is 18.2 Å². The van der Waals surface area contributed by atoms with Crippen LogP contribution in [0.5, 0.6) is 0 Å². The lowest BCUT2D eigenvalue weighted by Gasteiger charge is -1.85. The molecule has 0 saturated heterocycles. The number of rotatable bonds is 1. The van der Waals surface area contributed by atoms with Crippen molar-refractivity contribution in [3.8, 4) is 23.7 Å². The Hall–Kier alpha value is -1.46. The molecule has 1 nitrogen and oxygen atoms in total. The van der Waals surface area contributed by atoms with E-state index in [0.29, 0.717) is 0 Å². The van der Waals surface area contributed by atoms with Crippen molar-refractivity contribution >= 4 is 11.3 Å². The van der Waals surface area contributed by atoms with Gasteiger partial charge in [0.1, 0.15) is 5.76 Å². The zero-order valence-electron chi connectivity index (χ0n) is 6.28. The minimum atomic E-state index is 0.868. The van der Waals surface area contributed by atoms with Crippen molar-refractivity contribution in [1.82, 2.24) is 0 Å². The molecule has 2 aromatic heterocycles. The first-order valence-electron chi connectivity index (χ1n) is 3.49. The van der Waals surface area contributed by atoms with Gasteiger partial charge in [0, 0.05) is 10.9 Å². The van der Waals surface area contributed by atoms with Gasteiger partial charge in [0.05, 0.1) is 11.1 Å². The molecular formula is C10H6OS. The summed E-state index contributed by atoms with van der Waals surface area (Å²) in [7, 11) is 0. The first kappa shape index (κ1) is 7.20. The Morgan fingerprint density at radius 3 is 3.00 bits per heavy atom. The van der Waals surface area contributed by atoms with E-state index in [9.17, 15) is 0 Å². The smallest absolute Gasteiger partial charge is 0.134 e. The van der Waals surface area contributed by atoms with Crippen molar-refractivity contribution in [2.45, 2.75) is 0 Å². The van der Waals surface area contributed by atoms with Crippen molar-refractivity contribution in [3.63, 3.8) is 0 Å². The summed E-state index contributed by atoms with van der Waals surface area (Å²) in [4.78, 5) is 0.932. The summed E-state index contributed by atoms with van der Waals surface area (Å²) < 4.78 is 5.22. The maximum absolute atomic E-state index is 5.25. The summed E-state index contributed by atoms with van der Waals surface area (Å²) in [5.41, 5.74) is 1.05. The van der Waals surface area contributed by atoms with Gasteiger partial charge in [-0.1, -0.05) is 5.92 Å². The lowest BCUT2D eigenvalue weighted by molar-refractivity contribution is 0.582. The highest BCUT2D eigenvalue weighted by molar-refractivity contribution is 7.11. The van der Waals surface area contributed by atoms with Crippen molar-refractivity contribution in [2.24, 2.45) is 0 Å². The van der Waals surface area contributed by atoms with Crippen molar-refractivity contribution in [2.75, 3.05) is 0 Å². The maximum atomic E-state index is 5.25. The Bertz CT molecular complexity index is 403. The maximum Gasteiger partial charge on any atom is 0.134 e. The standard InChI is InChI=1S/C10H6OS/c1-2-9-6-8(7-12-9)10-4-3-5-11-10/h1,3-7H. The predicted octanol–water partition coefficient (Wildman–Crippen LogP) is 2.99. The van der Waals surface area contributed by atoms with Crippen LogP contribution < -0.4 is 0 Å². The summed E-state index contributed by atoms with van der Waals surface area (Å²) >= 11 is 1.55. The summed E-state index contributed by atoms with van der Waals surface area (Å²) in [5.74, 6) is 3.45. The first-order chi connectivity index (χ1) is 5.90. The van der Waals surface area contributed by atoms with Gasteiger partial charge in [-0.3, -0.25) is 0 Å². The van der Waals surface area contributed by atoms with E-state index in [0.717, 1.165) is 16.2 Å². The fourth-order valence-corrected chi connectivity index (χ4v) is 1.69. The molecule has 0 aliphatic rings. The highest BCUT2D eigenvalue weighted by Crippen LogP contribution is 2.25. The van der Waals surface area contributed by atoms with Crippen LogP contribution in [0.25, 0.3) is 11.3 Å². The predicted molar refractivity (Wildman–Crippen MR) is 50.0 cm³/mol. The van der Waals surface area contributed by atoms with E-state index < -0.39 is 0 Å². The lowest BCUT2D eigenvalue weighted by atomic mass is 10.2. The molecule has 0 fully saturated rings. The van der Waals surface area contributed by atoms with E-state index in [2.05, 4.69) is 5.92 Å². The van der Waals surface area contributed by atoms with E-state index in [1.807, 2.05) is 23.6 Å². The van der Waals surface area contributed by atoms with Gasteiger partial charge in [-0.15, -0.1) is 17.8 Å². The molecule has 0 radical (unpaired) electrons. The largest absolute Gasteiger partial charge is 0.464 e. The van der Waals surface area contributed by atoms with Gasteiger partial charge in [-0.25, -0.2) is 0 Å². The molecule has 2 heterocycles. The Balaban J connectivity index is 2.44. The monoisotopic (exact) mass is 174 g/mol. The summed E-state index contributed by atoms with van der Waals surface area (Å²) in [5, 5.41) is 1.99. The number of furan rings is 1. The second kappa shape index (κ2) is 2.88. The van der Waals surface area contributed by atoms with E-state index in [-0.39, 0.29) is 0 Å². The number of terminal acetylenes is 1. The second-order valence-electron chi connectivity index (χ2n) is 2.32. The molecule has 2 rings (SSSR count). The highest BCUT2D eigenvalue weighted by atomic mass is 32.1. The third-order valence-corrected chi connectivity index (χ3v) is 2.41. The third kappa shape index (κ3) is 1.15. The molecule has 12 heavy (non-hydrogen) atoms. The Morgan fingerprint density at radius 1 is 1.50 bits per heavy atom. The molecule has 0 N–H and O–H groups in total. The van der Waals surface area contributed by atoms with Crippen LogP contribution in [0.1, 0.15) is 4.88 Å². The van der Waals surface area contributed by atoms with Crippen LogP contribution in [0, 0.1) is 12.3 Å². The van der Waals surface area contributed by atoms with Crippen LogP contribution in [-0.2, 0) is 0 Å². The van der Waals surface area contributed by atoms with Gasteiger partial charge in [0.25, 0.3) is 0 Å². The number of hydrogen-bond donors (Lipinski definition) is 0. The molecule has 0 atom stereocenters. The van der Waals surface area contributed by atoms with Crippen LogP contribution >= 0.6 is 11.3 Å². The van der Waals surface area contributed by atoms with Gasteiger partial charge < -0.3 is 4.42 Å². The van der Waals surface area contributed by atoms with E-state index in [1.165, 1.54) is 0 Å². The zero-order chi connectivity index (χ0) is 8.39. The quantitative estimate of drug-likeness (QED) is 0.606. The van der Waals surface area contributed by atoms with Crippen LogP contribution in [0.4, 0.5) is 0 Å². The Morgan fingerprint density at radius 2 is 2.42 bits per heavy atom. The topological polar surface area (TPSA) is 13.1 Å². The van der Waals surface area contributed by atoms with Crippen LogP contribution in [-0.4, -0.2) is 0 Å². The Kier molecular flexibility index (Phi) is 1.73. The molecule has 58 valence electrons. The van der Waals surface area contributed by atoms with Gasteiger partial charge >= 0.3 is 0 Å². The van der Waals surface area contributed by atoms with Crippen molar-refractivity contribution in [1.29, 1.82) is 0 Å². The fraction of sp³-hybridized carbons (Fsp3) is 0. The average molecular weight is 174 g/mol. The highest BCUT2D eigenvalue weighted by Gasteiger charge is 2.02. The second-order valence-corrected chi connectivity index (χ2v) is 3.23. The Labute approximate surface area is 74.7 Å². The molecule has 2 aromatic rings. The lowest BCUT2D eigenvalue weighted by Crippen LogP contribution is -1.63. The molecule has 0 saturated carbocycles. The molecular weight excluding hydrogens is 168 g/mol. The van der Waals surface area contributed by atoms with E-state index in [1.54, 1.807) is 17.6 Å². The van der Waals surface area contributed by atoms with E-state index >= 15 is 0 Å². The molecule has 0 spiro atoms. The average Bonchev–Trinajstić information content (AvgIpc) is 2.75. The minimum Gasteiger partial charge on any atom is -0.464 e. The van der Waals surface area contributed by atoms with Gasteiger partial charge in [-0.2, -0.15) is 0 Å². The molecule has 0 aromatic carbocycles. The summed E-state index contributed by atoms with van der Waals surface area (Å²) in [6, 6.07) is 5.73. The molecule has 2 heteroatoms. The summed E-state index contributed by atoms with van der Waals surface area (Å²) in [6.45, 7) is 0. The van der Waals surface area contributed by atoms with Crippen molar-refractivity contribution in [3.05, 3.63) is 34.7 Å². The molecule has 0 aliphatic carbocycles. The summed E-state index contributed by atoms with van der Waals surface area (Å²) in [6.07, 6.45) is 6.90. The first-order valence-corrected chi connectivity index (χ1v) is 4.37. The normalized spacial score (nSPS) is 9.58. The van der Waals surface area contributed by atoms with Crippen LogP contribution in [0.3, 0.4) is 0 Å². The molecule has 0 unspecified atom stereocenters. The number of thiophene rings is 1. The van der Waals surface area contributed by atoms with Gasteiger partial charge in [0.2, 0.25) is 0 Å². The fourth-order valence-electron chi connectivity index (χ4n) is 0.984. The van der Waals surface area contributed by atoms with Crippen LogP contribution in [0.15, 0.2) is 34.3 Å². The molecule has 0 bridgehead atoms. The molecule has 0 amide bonds. The SMILES string of the molecule is C#Cc1cc(-c2ccco2)cs1. The zero-order valence-corrected chi connectivity index (χ0v) is 7.10. The van der Waals surface area contributed by atoms with E-state index in [4.69, 9.17) is 10.8 Å². The van der Waals surface area contributed by atoms with Gasteiger partial charge in [0.15, 0.2) is 0 Å².